The summed E-state index contributed by atoms with van der Waals surface area (Å²) in [6.45, 7) is 2.08. The molecule has 1 aromatic carbocycles. The van der Waals surface area contributed by atoms with Crippen LogP contribution in [0.4, 0.5) is 13.2 Å². The van der Waals surface area contributed by atoms with E-state index in [2.05, 4.69) is 5.32 Å². The maximum absolute atomic E-state index is 13.1. The van der Waals surface area contributed by atoms with Crippen molar-refractivity contribution in [3.63, 3.8) is 0 Å². The average molecular weight is 244 g/mol. The molecule has 94 valence electrons. The van der Waals surface area contributed by atoms with Gasteiger partial charge in [0.1, 0.15) is 6.04 Å². The first kappa shape index (κ1) is 12.4. The second kappa shape index (κ2) is 5.06. The van der Waals surface area contributed by atoms with Gasteiger partial charge in [0, 0.05) is 26.2 Å². The number of alkyl halides is 3. The lowest BCUT2D eigenvalue weighted by atomic mass is 10.0. The van der Waals surface area contributed by atoms with E-state index in [-0.39, 0.29) is 0 Å². The Morgan fingerprint density at radius 3 is 2.18 bits per heavy atom. The Kier molecular flexibility index (Phi) is 3.69. The van der Waals surface area contributed by atoms with E-state index >= 15 is 0 Å². The van der Waals surface area contributed by atoms with Gasteiger partial charge in [-0.1, -0.05) is 30.3 Å². The van der Waals surface area contributed by atoms with Crippen molar-refractivity contribution in [2.75, 3.05) is 26.2 Å². The number of piperazine rings is 1. The highest BCUT2D eigenvalue weighted by atomic mass is 19.4. The predicted molar refractivity (Wildman–Crippen MR) is 59.7 cm³/mol. The first-order chi connectivity index (χ1) is 8.09. The predicted octanol–water partition coefficient (Wildman–Crippen LogP) is 2.20. The number of nitrogens with zero attached hydrogens (tertiary/aromatic N) is 1. The number of rotatable bonds is 2. The van der Waals surface area contributed by atoms with Gasteiger partial charge in [0.05, 0.1) is 0 Å². The summed E-state index contributed by atoms with van der Waals surface area (Å²) in [5.74, 6) is 0. The fraction of sp³-hybridized carbons (Fsp3) is 0.500. The lowest BCUT2D eigenvalue weighted by molar-refractivity contribution is -0.187. The van der Waals surface area contributed by atoms with Gasteiger partial charge in [-0.2, -0.15) is 13.2 Å². The Labute approximate surface area is 98.4 Å². The summed E-state index contributed by atoms with van der Waals surface area (Å²) in [6.07, 6.45) is -4.22. The van der Waals surface area contributed by atoms with Crippen LogP contribution in [0.3, 0.4) is 0 Å². The van der Waals surface area contributed by atoms with E-state index in [9.17, 15) is 13.2 Å². The second-order valence-electron chi connectivity index (χ2n) is 4.14. The molecule has 0 amide bonds. The zero-order valence-corrected chi connectivity index (χ0v) is 9.37. The summed E-state index contributed by atoms with van der Waals surface area (Å²) in [5, 5.41) is 3.06. The van der Waals surface area contributed by atoms with E-state index in [0.717, 1.165) is 0 Å². The number of benzene rings is 1. The Morgan fingerprint density at radius 1 is 1.06 bits per heavy atom. The van der Waals surface area contributed by atoms with Crippen LogP contribution in [0.1, 0.15) is 11.6 Å². The highest BCUT2D eigenvalue weighted by Crippen LogP contribution is 2.37. The molecule has 0 aromatic heterocycles. The summed E-state index contributed by atoms with van der Waals surface area (Å²) in [7, 11) is 0. The second-order valence-corrected chi connectivity index (χ2v) is 4.14. The Balaban J connectivity index is 2.25. The van der Waals surface area contributed by atoms with Crippen LogP contribution >= 0.6 is 0 Å². The van der Waals surface area contributed by atoms with Gasteiger partial charge in [-0.3, -0.25) is 4.90 Å². The summed E-state index contributed by atoms with van der Waals surface area (Å²) >= 11 is 0. The average Bonchev–Trinajstić information content (AvgIpc) is 2.30. The molecule has 0 aliphatic carbocycles. The van der Waals surface area contributed by atoms with E-state index in [1.807, 2.05) is 0 Å². The highest BCUT2D eigenvalue weighted by molar-refractivity contribution is 5.20. The monoisotopic (exact) mass is 244 g/mol. The molecule has 2 nitrogen and oxygen atoms in total. The summed E-state index contributed by atoms with van der Waals surface area (Å²) in [6, 6.07) is 6.63. The molecule has 0 unspecified atom stereocenters. The molecule has 0 bridgehead atoms. The zero-order valence-electron chi connectivity index (χ0n) is 9.37. The van der Waals surface area contributed by atoms with E-state index in [0.29, 0.717) is 31.7 Å². The third-order valence-corrected chi connectivity index (χ3v) is 2.94. The molecule has 0 spiro atoms. The number of hydrogen-bond acceptors (Lipinski definition) is 2. The molecule has 1 heterocycles. The minimum absolute atomic E-state index is 0.321. The van der Waals surface area contributed by atoms with Crippen molar-refractivity contribution in [2.24, 2.45) is 0 Å². The normalized spacial score (nSPS) is 20.2. The van der Waals surface area contributed by atoms with Crippen molar-refractivity contribution in [3.8, 4) is 0 Å². The first-order valence-corrected chi connectivity index (χ1v) is 5.65. The fourth-order valence-corrected chi connectivity index (χ4v) is 2.18. The quantitative estimate of drug-likeness (QED) is 0.858. The molecule has 5 heteroatoms. The highest BCUT2D eigenvalue weighted by Gasteiger charge is 2.44. The van der Waals surface area contributed by atoms with Crippen LogP contribution in [0.15, 0.2) is 30.3 Å². The van der Waals surface area contributed by atoms with Crippen molar-refractivity contribution in [1.82, 2.24) is 10.2 Å². The van der Waals surface area contributed by atoms with Gasteiger partial charge in [0.15, 0.2) is 0 Å². The third-order valence-electron chi connectivity index (χ3n) is 2.94. The van der Waals surface area contributed by atoms with Gasteiger partial charge in [-0.05, 0) is 5.56 Å². The number of halogens is 3. The molecule has 1 aromatic rings. The lowest BCUT2D eigenvalue weighted by Gasteiger charge is -2.36. The van der Waals surface area contributed by atoms with Crippen LogP contribution in [0, 0.1) is 0 Å². The van der Waals surface area contributed by atoms with Gasteiger partial charge >= 0.3 is 6.18 Å². The number of nitrogens with one attached hydrogen (secondary N) is 1. The molecular weight excluding hydrogens is 229 g/mol. The lowest BCUT2D eigenvalue weighted by Crippen LogP contribution is -2.49. The zero-order chi connectivity index (χ0) is 12.3. The van der Waals surface area contributed by atoms with Crippen LogP contribution in [0.25, 0.3) is 0 Å². The van der Waals surface area contributed by atoms with Crippen LogP contribution in [0.2, 0.25) is 0 Å². The molecule has 0 radical (unpaired) electrons. The molecule has 1 aliphatic heterocycles. The van der Waals surface area contributed by atoms with Gasteiger partial charge in [-0.15, -0.1) is 0 Å². The maximum Gasteiger partial charge on any atom is 0.408 e. The molecule has 0 saturated carbocycles. The van der Waals surface area contributed by atoms with Crippen LogP contribution in [0.5, 0.6) is 0 Å². The van der Waals surface area contributed by atoms with Crippen molar-refractivity contribution in [1.29, 1.82) is 0 Å². The SMILES string of the molecule is FC(F)(F)[C@H](c1ccccc1)N1CCNCC1. The van der Waals surface area contributed by atoms with Crippen molar-refractivity contribution in [2.45, 2.75) is 12.2 Å². The van der Waals surface area contributed by atoms with Crippen molar-refractivity contribution >= 4 is 0 Å². The first-order valence-electron chi connectivity index (χ1n) is 5.65. The largest absolute Gasteiger partial charge is 0.408 e. The van der Waals surface area contributed by atoms with E-state index in [1.54, 1.807) is 30.3 Å². The van der Waals surface area contributed by atoms with Crippen molar-refractivity contribution < 1.29 is 13.2 Å². The van der Waals surface area contributed by atoms with Crippen molar-refractivity contribution in [3.05, 3.63) is 35.9 Å². The summed E-state index contributed by atoms with van der Waals surface area (Å²) in [4.78, 5) is 1.49. The Bertz CT molecular complexity index is 345. The molecule has 1 fully saturated rings. The number of hydrogen-bond donors (Lipinski definition) is 1. The Morgan fingerprint density at radius 2 is 1.65 bits per heavy atom. The molecule has 17 heavy (non-hydrogen) atoms. The van der Waals surface area contributed by atoms with Gasteiger partial charge in [-0.25, -0.2) is 0 Å². The van der Waals surface area contributed by atoms with Gasteiger partial charge < -0.3 is 5.32 Å². The fourth-order valence-electron chi connectivity index (χ4n) is 2.18. The minimum Gasteiger partial charge on any atom is -0.314 e. The molecular formula is C12H15F3N2. The van der Waals surface area contributed by atoms with Gasteiger partial charge in [0.25, 0.3) is 0 Å². The minimum atomic E-state index is -4.22. The van der Waals surface area contributed by atoms with Gasteiger partial charge in [0.2, 0.25) is 0 Å². The Hall–Kier alpha value is -1.07. The topological polar surface area (TPSA) is 15.3 Å². The molecule has 1 saturated heterocycles. The van der Waals surface area contributed by atoms with E-state index in [1.165, 1.54) is 4.90 Å². The molecule has 2 rings (SSSR count). The van der Waals surface area contributed by atoms with E-state index < -0.39 is 12.2 Å². The standard InChI is InChI=1S/C12H15F3N2/c13-12(14,15)11(10-4-2-1-3-5-10)17-8-6-16-7-9-17/h1-5,11,16H,6-9H2/t11-/m0/s1. The smallest absolute Gasteiger partial charge is 0.314 e. The summed E-state index contributed by atoms with van der Waals surface area (Å²) in [5.41, 5.74) is 0.321. The van der Waals surface area contributed by atoms with Crippen LogP contribution in [-0.2, 0) is 0 Å². The third kappa shape index (κ3) is 2.98. The molecule has 1 aliphatic rings. The maximum atomic E-state index is 13.1. The summed E-state index contributed by atoms with van der Waals surface area (Å²) < 4.78 is 39.4. The molecule has 1 atom stereocenters. The molecule has 1 N–H and O–H groups in total. The van der Waals surface area contributed by atoms with Crippen LogP contribution < -0.4 is 5.32 Å². The van der Waals surface area contributed by atoms with E-state index in [4.69, 9.17) is 0 Å². The van der Waals surface area contributed by atoms with Crippen LogP contribution in [-0.4, -0.2) is 37.3 Å².